The molecule has 0 aromatic heterocycles. The molecule has 1 saturated heterocycles. The quantitative estimate of drug-likeness (QED) is 0.231. The minimum atomic E-state index is -0.338. The van der Waals surface area contributed by atoms with Crippen molar-refractivity contribution in [1.29, 1.82) is 0 Å². The number of piperidine rings is 1. The van der Waals surface area contributed by atoms with Gasteiger partial charge in [0.25, 0.3) is 0 Å². The number of hydrogen-bond donors (Lipinski definition) is 10. The van der Waals surface area contributed by atoms with Crippen LogP contribution in [0.15, 0.2) is 0 Å². The summed E-state index contributed by atoms with van der Waals surface area (Å²) >= 11 is 0. The Kier molecular flexibility index (Phi) is 46.0. The first-order valence-electron chi connectivity index (χ1n) is 11.7. The first-order valence-corrected chi connectivity index (χ1v) is 11.7. The fraction of sp³-hybridized carbons (Fsp3) is 1.00. The van der Waals surface area contributed by atoms with E-state index in [9.17, 15) is 0 Å². The van der Waals surface area contributed by atoms with Crippen molar-refractivity contribution in [2.75, 3.05) is 46.0 Å². The van der Waals surface area contributed by atoms with Crippen LogP contribution in [0.5, 0.6) is 0 Å². The van der Waals surface area contributed by atoms with Crippen LogP contribution in [-0.4, -0.2) is 90.2 Å². The number of aliphatic hydroxyl groups is 4. The zero-order chi connectivity index (χ0) is 26.4. The van der Waals surface area contributed by atoms with Crippen molar-refractivity contribution in [2.24, 2.45) is 28.7 Å². The fourth-order valence-corrected chi connectivity index (χ4v) is 0.931. The van der Waals surface area contributed by atoms with Gasteiger partial charge in [0.15, 0.2) is 0 Å². The second-order valence-corrected chi connectivity index (χ2v) is 8.26. The molecule has 1 fully saturated rings. The molecule has 3 atom stereocenters. The lowest BCUT2D eigenvalue weighted by atomic mass is 10.1. The monoisotopic (exact) mass is 472 g/mol. The Balaban J connectivity index is -0.0000000917. The van der Waals surface area contributed by atoms with E-state index in [2.05, 4.69) is 12.2 Å². The summed E-state index contributed by atoms with van der Waals surface area (Å²) in [4.78, 5) is 0. The van der Waals surface area contributed by atoms with Crippen LogP contribution in [0.1, 0.15) is 73.6 Å². The second kappa shape index (κ2) is 35.2. The maximum absolute atomic E-state index is 8.24. The van der Waals surface area contributed by atoms with E-state index in [1.54, 1.807) is 13.8 Å². The number of aliphatic hydroxyl groups excluding tert-OH is 4. The molecule has 0 saturated carbocycles. The van der Waals surface area contributed by atoms with E-state index >= 15 is 0 Å². The molecular weight excluding hydrogens is 412 g/mol. The molecule has 0 aliphatic carbocycles. The highest BCUT2D eigenvalue weighted by molar-refractivity contribution is 4.67. The molecular formula is C22H60N6O4. The Labute approximate surface area is 198 Å². The first kappa shape index (κ1) is 41.8. The van der Waals surface area contributed by atoms with E-state index in [0.29, 0.717) is 13.1 Å². The largest absolute Gasteiger partial charge is 0.395 e. The van der Waals surface area contributed by atoms with Gasteiger partial charge in [-0.25, -0.2) is 0 Å². The van der Waals surface area contributed by atoms with Crippen LogP contribution < -0.4 is 34.0 Å². The van der Waals surface area contributed by atoms with Crippen molar-refractivity contribution < 1.29 is 20.4 Å². The van der Waals surface area contributed by atoms with Crippen molar-refractivity contribution in [1.82, 2.24) is 5.32 Å². The minimum absolute atomic E-state index is 0.00926. The van der Waals surface area contributed by atoms with Gasteiger partial charge in [-0.3, -0.25) is 0 Å². The van der Waals surface area contributed by atoms with Gasteiger partial charge in [-0.05, 0) is 66.5 Å². The van der Waals surface area contributed by atoms with E-state index in [1.165, 1.54) is 32.4 Å². The van der Waals surface area contributed by atoms with Crippen LogP contribution in [0.25, 0.3) is 0 Å². The highest BCUT2D eigenvalue weighted by Crippen LogP contribution is 1.99. The van der Waals surface area contributed by atoms with Crippen LogP contribution in [0.4, 0.5) is 0 Å². The minimum Gasteiger partial charge on any atom is -0.395 e. The number of nitrogens with one attached hydrogen (secondary N) is 1. The summed E-state index contributed by atoms with van der Waals surface area (Å²) in [5.74, 6) is 0. The molecule has 15 N–H and O–H groups in total. The normalized spacial score (nSPS) is 15.1. The Morgan fingerprint density at radius 1 is 0.906 bits per heavy atom. The summed E-state index contributed by atoms with van der Waals surface area (Å²) < 4.78 is 0. The Hall–Kier alpha value is -0.400. The van der Waals surface area contributed by atoms with Gasteiger partial charge in [0.2, 0.25) is 0 Å². The summed E-state index contributed by atoms with van der Waals surface area (Å²) in [6, 6.07) is -0.0694. The Morgan fingerprint density at radius 2 is 1.25 bits per heavy atom. The van der Waals surface area contributed by atoms with Crippen LogP contribution in [0.3, 0.4) is 0 Å². The number of nitrogens with two attached hydrogens (primary N) is 5. The summed E-state index contributed by atoms with van der Waals surface area (Å²) in [6.07, 6.45) is 5.78. The maximum Gasteiger partial charge on any atom is 0.0634 e. The van der Waals surface area contributed by atoms with Crippen molar-refractivity contribution in [3.05, 3.63) is 0 Å². The zero-order valence-corrected chi connectivity index (χ0v) is 21.9. The molecule has 10 nitrogen and oxygen atoms in total. The fourth-order valence-electron chi connectivity index (χ4n) is 0.931. The Bertz CT molecular complexity index is 265. The molecule has 0 aromatic rings. The van der Waals surface area contributed by atoms with Gasteiger partial charge in [-0.2, -0.15) is 0 Å². The summed E-state index contributed by atoms with van der Waals surface area (Å²) in [6.45, 7) is 15.0. The van der Waals surface area contributed by atoms with E-state index < -0.39 is 0 Å². The van der Waals surface area contributed by atoms with Crippen LogP contribution >= 0.6 is 0 Å². The topological polar surface area (TPSA) is 223 Å². The van der Waals surface area contributed by atoms with Crippen molar-refractivity contribution in [3.8, 4) is 0 Å². The van der Waals surface area contributed by atoms with Gasteiger partial charge in [-0.1, -0.05) is 20.3 Å². The lowest BCUT2D eigenvalue weighted by molar-refractivity contribution is 0.203. The summed E-state index contributed by atoms with van der Waals surface area (Å²) in [5, 5.41) is 35.5. The molecule has 0 aromatic carbocycles. The predicted octanol–water partition coefficient (Wildman–Crippen LogP) is -0.801. The van der Waals surface area contributed by atoms with Crippen LogP contribution in [0, 0.1) is 0 Å². The van der Waals surface area contributed by atoms with Gasteiger partial charge < -0.3 is 54.4 Å². The molecule has 0 radical (unpaired) electrons. The van der Waals surface area contributed by atoms with E-state index in [0.717, 1.165) is 12.8 Å². The highest BCUT2D eigenvalue weighted by Gasteiger charge is 2.03. The molecule has 0 spiro atoms. The average Bonchev–Trinajstić information content (AvgIpc) is 2.80. The van der Waals surface area contributed by atoms with Crippen molar-refractivity contribution in [2.45, 2.75) is 97.4 Å². The summed E-state index contributed by atoms with van der Waals surface area (Å²) in [7, 11) is 0. The van der Waals surface area contributed by atoms with Gasteiger partial charge in [-0.15, -0.1) is 0 Å². The van der Waals surface area contributed by atoms with E-state index in [1.807, 2.05) is 20.8 Å². The molecule has 1 aliphatic rings. The molecule has 202 valence electrons. The lowest BCUT2D eigenvalue weighted by Crippen LogP contribution is -2.30. The van der Waals surface area contributed by atoms with E-state index in [-0.39, 0.29) is 43.5 Å². The molecule has 1 rings (SSSR count). The molecule has 0 bridgehead atoms. The molecule has 1 heterocycles. The van der Waals surface area contributed by atoms with Gasteiger partial charge in [0, 0.05) is 30.7 Å². The summed E-state index contributed by atoms with van der Waals surface area (Å²) in [5.41, 5.74) is 25.5. The van der Waals surface area contributed by atoms with E-state index in [4.69, 9.17) is 49.1 Å². The SMILES string of the molecule is C1CCNCC1.CC(N)CO.CC(O)CN.CCC(C)(C)N.CCC(N)CO.NCCO. The van der Waals surface area contributed by atoms with Crippen LogP contribution in [-0.2, 0) is 0 Å². The third kappa shape index (κ3) is 78.2. The second-order valence-electron chi connectivity index (χ2n) is 8.26. The predicted molar refractivity (Wildman–Crippen MR) is 138 cm³/mol. The maximum atomic E-state index is 8.24. The Morgan fingerprint density at radius 3 is 1.28 bits per heavy atom. The molecule has 1 aliphatic heterocycles. The molecule has 3 unspecified atom stereocenters. The standard InChI is InChI=1S/C5H11N.C5H13N.C4H11NO.2C3H9NO.C2H7NO/c1-2-4-6-5-3-1;1-4-5(2,3)6;1-2-4(5)3-6;1-3(4)2-5;1-3(5)2-4;3-1-2-4/h6H,1-5H2;4,6H2,1-3H3;4,6H,2-3,5H2,1H3;2*3,5H,2,4H2,1H3;4H,1-3H2. The molecule has 10 heteroatoms. The molecule has 0 amide bonds. The third-order valence-electron chi connectivity index (χ3n) is 3.64. The number of rotatable bonds is 6. The first-order chi connectivity index (χ1) is 14.8. The molecule has 32 heavy (non-hydrogen) atoms. The highest BCUT2D eigenvalue weighted by atomic mass is 16.3. The van der Waals surface area contributed by atoms with Crippen molar-refractivity contribution >= 4 is 0 Å². The van der Waals surface area contributed by atoms with Gasteiger partial charge >= 0.3 is 0 Å². The van der Waals surface area contributed by atoms with Gasteiger partial charge in [0.05, 0.1) is 25.9 Å². The van der Waals surface area contributed by atoms with Gasteiger partial charge in [0.1, 0.15) is 0 Å². The average molecular weight is 473 g/mol. The third-order valence-corrected chi connectivity index (χ3v) is 3.64. The zero-order valence-electron chi connectivity index (χ0n) is 21.9. The number of hydrogen-bond acceptors (Lipinski definition) is 10. The van der Waals surface area contributed by atoms with Crippen LogP contribution in [0.2, 0.25) is 0 Å². The van der Waals surface area contributed by atoms with Crippen molar-refractivity contribution in [3.63, 3.8) is 0 Å². The lowest BCUT2D eigenvalue weighted by Gasteiger charge is -2.13. The smallest absolute Gasteiger partial charge is 0.0634 e.